The molecule has 0 aromatic rings. The molecular weight excluding hydrogens is 244 g/mol. The number of carbonyl (C=O) groups is 1. The average Bonchev–Trinajstić information content (AvgIpc) is 2.27. The van der Waals surface area contributed by atoms with Gasteiger partial charge in [-0.2, -0.15) is 0 Å². The molecule has 0 spiro atoms. The Morgan fingerprint density at radius 2 is 1.88 bits per heavy atom. The van der Waals surface area contributed by atoms with E-state index in [2.05, 4.69) is 0 Å². The molecule has 0 aromatic carbocycles. The van der Waals surface area contributed by atoms with Crippen molar-refractivity contribution in [1.29, 1.82) is 0 Å². The van der Waals surface area contributed by atoms with Crippen LogP contribution in [0, 0.1) is 5.92 Å². The fraction of sp³-hybridized carbons (Fsp3) is 0.909. The minimum absolute atomic E-state index is 0.0586. The molecule has 1 aliphatic rings. The molecule has 100 valence electrons. The summed E-state index contributed by atoms with van der Waals surface area (Å²) in [4.78, 5) is 10.9. The van der Waals surface area contributed by atoms with E-state index >= 15 is 0 Å². The summed E-state index contributed by atoms with van der Waals surface area (Å²) in [7, 11) is -3.60. The van der Waals surface area contributed by atoms with Crippen molar-refractivity contribution in [3.63, 3.8) is 0 Å². The summed E-state index contributed by atoms with van der Waals surface area (Å²) in [5, 5.41) is 8.91. The van der Waals surface area contributed by atoms with Gasteiger partial charge in [-0.1, -0.05) is 0 Å². The number of hydrogen-bond acceptors (Lipinski definition) is 4. The van der Waals surface area contributed by atoms with Gasteiger partial charge in [0.05, 0.1) is 5.75 Å². The molecule has 0 atom stereocenters. The van der Waals surface area contributed by atoms with E-state index in [1.54, 1.807) is 0 Å². The normalized spacial score (nSPS) is 19.2. The van der Waals surface area contributed by atoms with Gasteiger partial charge >= 0.3 is 5.97 Å². The lowest BCUT2D eigenvalue weighted by molar-refractivity contribution is -0.139. The monoisotopic (exact) mass is 264 g/mol. The minimum atomic E-state index is -3.60. The van der Waals surface area contributed by atoms with Crippen molar-refractivity contribution in [2.24, 2.45) is 5.92 Å². The number of carboxylic acid groups (broad SMARTS) is 1. The Hall–Kier alpha value is -0.620. The van der Waals surface area contributed by atoms with E-state index in [-0.39, 0.29) is 5.75 Å². The fourth-order valence-electron chi connectivity index (χ4n) is 1.75. The van der Waals surface area contributed by atoms with E-state index < -0.39 is 20.6 Å². The second-order valence-electron chi connectivity index (χ2n) is 4.98. The van der Waals surface area contributed by atoms with Gasteiger partial charge in [0.15, 0.2) is 14.6 Å². The molecule has 1 saturated heterocycles. The first-order chi connectivity index (χ1) is 7.77. The first kappa shape index (κ1) is 14.4. The predicted molar refractivity (Wildman–Crippen MR) is 63.7 cm³/mol. The Morgan fingerprint density at radius 3 is 2.35 bits per heavy atom. The molecule has 0 aliphatic carbocycles. The second kappa shape index (κ2) is 5.35. The highest BCUT2D eigenvalue weighted by Gasteiger charge is 2.41. The summed E-state index contributed by atoms with van der Waals surface area (Å²) in [6, 6.07) is 0. The fourth-order valence-corrected chi connectivity index (χ4v) is 3.17. The van der Waals surface area contributed by atoms with E-state index in [0.29, 0.717) is 25.6 Å². The van der Waals surface area contributed by atoms with Gasteiger partial charge in [-0.15, -0.1) is 0 Å². The molecule has 0 radical (unpaired) electrons. The molecule has 6 heteroatoms. The standard InChI is InChI=1S/C11H20O5S/c1-11(2,10(12)13)17(14,15)8-5-9-3-6-16-7-4-9/h9H,3-8H2,1-2H3,(H,12,13). The Labute approximate surface area is 102 Å². The van der Waals surface area contributed by atoms with Crippen LogP contribution in [0.1, 0.15) is 33.1 Å². The average molecular weight is 264 g/mol. The molecule has 1 fully saturated rings. The van der Waals surface area contributed by atoms with Crippen molar-refractivity contribution < 1.29 is 23.1 Å². The highest BCUT2D eigenvalue weighted by atomic mass is 32.2. The number of ether oxygens (including phenoxy) is 1. The van der Waals surface area contributed by atoms with Crippen LogP contribution in [0.5, 0.6) is 0 Å². The summed E-state index contributed by atoms with van der Waals surface area (Å²) >= 11 is 0. The van der Waals surface area contributed by atoms with Gasteiger partial charge in [-0.05, 0) is 39.0 Å². The Balaban J connectivity index is 2.58. The molecule has 1 aliphatic heterocycles. The largest absolute Gasteiger partial charge is 0.480 e. The smallest absolute Gasteiger partial charge is 0.324 e. The molecule has 17 heavy (non-hydrogen) atoms. The van der Waals surface area contributed by atoms with Gasteiger partial charge in [0.1, 0.15) is 0 Å². The number of hydrogen-bond donors (Lipinski definition) is 1. The summed E-state index contributed by atoms with van der Waals surface area (Å²) in [5.41, 5.74) is 0. The Bertz CT molecular complexity index is 365. The molecule has 0 unspecified atom stereocenters. The maximum atomic E-state index is 11.9. The third-order valence-corrected chi connectivity index (χ3v) is 5.93. The lowest BCUT2D eigenvalue weighted by atomic mass is 9.98. The van der Waals surface area contributed by atoms with Crippen molar-refractivity contribution in [2.45, 2.75) is 37.9 Å². The van der Waals surface area contributed by atoms with Crippen LogP contribution in [0.15, 0.2) is 0 Å². The summed E-state index contributed by atoms with van der Waals surface area (Å²) in [5.74, 6) is -1.01. The highest BCUT2D eigenvalue weighted by molar-refractivity contribution is 7.93. The van der Waals surface area contributed by atoms with Crippen LogP contribution in [-0.2, 0) is 19.4 Å². The van der Waals surface area contributed by atoms with Gasteiger partial charge in [-0.25, -0.2) is 8.42 Å². The molecule has 0 bridgehead atoms. The zero-order valence-corrected chi connectivity index (χ0v) is 11.1. The van der Waals surface area contributed by atoms with E-state index in [4.69, 9.17) is 9.84 Å². The first-order valence-corrected chi connectivity index (χ1v) is 7.46. The quantitative estimate of drug-likeness (QED) is 0.803. The predicted octanol–water partition coefficient (Wildman–Crippen LogP) is 1.08. The topological polar surface area (TPSA) is 80.7 Å². The molecule has 1 heterocycles. The SMILES string of the molecule is CC(C)(C(=O)O)S(=O)(=O)CCC1CCOCC1. The first-order valence-electron chi connectivity index (χ1n) is 5.81. The number of carboxylic acids is 1. The number of sulfone groups is 1. The Kier molecular flexibility index (Phi) is 4.55. The van der Waals surface area contributed by atoms with Gasteiger partial charge in [0.25, 0.3) is 0 Å². The van der Waals surface area contributed by atoms with Crippen LogP contribution < -0.4 is 0 Å². The number of rotatable bonds is 5. The van der Waals surface area contributed by atoms with E-state index in [9.17, 15) is 13.2 Å². The van der Waals surface area contributed by atoms with Crippen LogP contribution in [0.25, 0.3) is 0 Å². The van der Waals surface area contributed by atoms with Crippen molar-refractivity contribution in [1.82, 2.24) is 0 Å². The summed E-state index contributed by atoms with van der Waals surface area (Å²) < 4.78 is 27.3. The van der Waals surface area contributed by atoms with Crippen LogP contribution in [0.2, 0.25) is 0 Å². The molecule has 0 aromatic heterocycles. The Morgan fingerprint density at radius 1 is 1.35 bits per heavy atom. The van der Waals surface area contributed by atoms with E-state index in [1.165, 1.54) is 13.8 Å². The van der Waals surface area contributed by atoms with E-state index in [0.717, 1.165) is 12.8 Å². The third kappa shape index (κ3) is 3.42. The highest BCUT2D eigenvalue weighted by Crippen LogP contribution is 2.24. The molecule has 1 rings (SSSR count). The lowest BCUT2D eigenvalue weighted by Gasteiger charge is -2.24. The van der Waals surface area contributed by atoms with Gasteiger partial charge < -0.3 is 9.84 Å². The van der Waals surface area contributed by atoms with Gasteiger partial charge in [0.2, 0.25) is 0 Å². The van der Waals surface area contributed by atoms with Crippen LogP contribution in [-0.4, -0.2) is 43.2 Å². The van der Waals surface area contributed by atoms with E-state index in [1.807, 2.05) is 0 Å². The van der Waals surface area contributed by atoms with Crippen molar-refractivity contribution in [3.8, 4) is 0 Å². The lowest BCUT2D eigenvalue weighted by Crippen LogP contribution is -2.42. The molecular formula is C11H20O5S. The second-order valence-corrected chi connectivity index (χ2v) is 7.64. The van der Waals surface area contributed by atoms with Crippen molar-refractivity contribution >= 4 is 15.8 Å². The van der Waals surface area contributed by atoms with Gasteiger partial charge in [0, 0.05) is 13.2 Å². The van der Waals surface area contributed by atoms with Crippen molar-refractivity contribution in [3.05, 3.63) is 0 Å². The third-order valence-electron chi connectivity index (χ3n) is 3.43. The minimum Gasteiger partial charge on any atom is -0.480 e. The van der Waals surface area contributed by atoms with Crippen molar-refractivity contribution in [2.75, 3.05) is 19.0 Å². The summed E-state index contributed by atoms with van der Waals surface area (Å²) in [6.45, 7) is 3.84. The molecule has 0 amide bonds. The molecule has 5 nitrogen and oxygen atoms in total. The molecule has 0 saturated carbocycles. The van der Waals surface area contributed by atoms with Crippen LogP contribution >= 0.6 is 0 Å². The zero-order valence-electron chi connectivity index (χ0n) is 10.3. The van der Waals surface area contributed by atoms with Crippen LogP contribution in [0.3, 0.4) is 0 Å². The van der Waals surface area contributed by atoms with Crippen LogP contribution in [0.4, 0.5) is 0 Å². The molecule has 1 N–H and O–H groups in total. The maximum absolute atomic E-state index is 11.9. The zero-order chi connectivity index (χ0) is 13.1. The maximum Gasteiger partial charge on any atom is 0.324 e. The van der Waals surface area contributed by atoms with Gasteiger partial charge in [-0.3, -0.25) is 4.79 Å². The number of aliphatic carboxylic acids is 1. The summed E-state index contributed by atoms with van der Waals surface area (Å²) in [6.07, 6.45) is 2.26.